The van der Waals surface area contributed by atoms with Gasteiger partial charge in [-0.1, -0.05) is 72.5 Å². The van der Waals surface area contributed by atoms with Gasteiger partial charge in [-0.3, -0.25) is 4.79 Å². The number of rotatable bonds is 6. The fourth-order valence-corrected chi connectivity index (χ4v) is 9.40. The Bertz CT molecular complexity index is 724. The van der Waals surface area contributed by atoms with Crippen molar-refractivity contribution < 1.29 is 4.79 Å². The van der Waals surface area contributed by atoms with Crippen LogP contribution in [0.3, 0.4) is 0 Å². The predicted octanol–water partition coefficient (Wildman–Crippen LogP) is 7.87. The van der Waals surface area contributed by atoms with E-state index in [1.807, 2.05) is 0 Å². The Hall–Kier alpha value is -0.790. The van der Waals surface area contributed by atoms with Crippen LogP contribution in [0, 0.1) is 46.3 Å². The van der Waals surface area contributed by atoms with Crippen molar-refractivity contribution in [3.63, 3.8) is 0 Å². The zero-order valence-corrected chi connectivity index (χ0v) is 22.3. The van der Waals surface area contributed by atoms with Crippen LogP contribution in [0.1, 0.15) is 112 Å². The van der Waals surface area contributed by atoms with Crippen molar-refractivity contribution in [2.45, 2.75) is 118 Å². The molecule has 2 nitrogen and oxygen atoms in total. The molecule has 1 aliphatic heterocycles. The number of nitrogens with zero attached hydrogens (tertiary/aromatic N) is 1. The molecule has 2 heteroatoms. The summed E-state index contributed by atoms with van der Waals surface area (Å²) in [6, 6.07) is 0.416. The van der Waals surface area contributed by atoms with Gasteiger partial charge in [0.2, 0.25) is 5.91 Å². The van der Waals surface area contributed by atoms with Gasteiger partial charge in [0.05, 0.1) is 0 Å². The largest absolute Gasteiger partial charge is 0.342 e. The second-order valence-corrected chi connectivity index (χ2v) is 13.2. The van der Waals surface area contributed by atoms with E-state index < -0.39 is 0 Å². The summed E-state index contributed by atoms with van der Waals surface area (Å²) in [5.41, 5.74) is 2.55. The number of piperidine rings is 1. The molecule has 0 bridgehead atoms. The molecular weight excluding hydrogens is 390 g/mol. The number of fused-ring (bicyclic) bond motifs is 5. The Morgan fingerprint density at radius 1 is 1.03 bits per heavy atom. The maximum atomic E-state index is 12.6. The summed E-state index contributed by atoms with van der Waals surface area (Å²) in [5, 5.41) is 0. The Morgan fingerprint density at radius 2 is 1.75 bits per heavy atom. The van der Waals surface area contributed by atoms with Gasteiger partial charge in [-0.05, 0) is 91.3 Å². The van der Waals surface area contributed by atoms with Crippen LogP contribution < -0.4 is 0 Å². The first-order chi connectivity index (χ1) is 15.1. The van der Waals surface area contributed by atoms with Crippen molar-refractivity contribution in [3.8, 4) is 0 Å². The Kier molecular flexibility index (Phi) is 6.92. The van der Waals surface area contributed by atoms with Gasteiger partial charge in [0.1, 0.15) is 0 Å². The maximum absolute atomic E-state index is 12.6. The molecule has 4 aliphatic rings. The molecule has 3 aliphatic carbocycles. The molecule has 3 saturated carbocycles. The van der Waals surface area contributed by atoms with Crippen LogP contribution >= 0.6 is 0 Å². The summed E-state index contributed by atoms with van der Waals surface area (Å²) >= 11 is 0. The van der Waals surface area contributed by atoms with Gasteiger partial charge in [-0.15, -0.1) is 0 Å². The van der Waals surface area contributed by atoms with E-state index >= 15 is 0 Å². The van der Waals surface area contributed by atoms with Gasteiger partial charge in [0, 0.05) is 19.5 Å². The van der Waals surface area contributed by atoms with Crippen LogP contribution in [0.15, 0.2) is 11.6 Å². The standard InChI is InChI=1S/C30H51NO/c1-8-10-22-19-26-30(6,18-16-27(32)31(26)7)25-15-17-29(5)23(13-14-24(29)28(22)25)21(4)12-9-11-20(2)3/h10,20-21,23-26,28H,8-9,11-19H2,1-7H3/b22-10+/t21-,23-,24+,25+,26-,28+,29-,30-/m1/s1. The topological polar surface area (TPSA) is 20.3 Å². The number of carbonyl (C=O) groups excluding carboxylic acids is 1. The average Bonchev–Trinajstić information content (AvgIpc) is 3.09. The normalized spacial score (nSPS) is 43.9. The minimum absolute atomic E-state index is 0.306. The number of hydrogen-bond acceptors (Lipinski definition) is 1. The average molecular weight is 442 g/mol. The Balaban J connectivity index is 1.60. The van der Waals surface area contributed by atoms with Crippen molar-refractivity contribution in [2.75, 3.05) is 7.05 Å². The lowest BCUT2D eigenvalue weighted by atomic mass is 9.45. The van der Waals surface area contributed by atoms with Gasteiger partial charge in [0.25, 0.3) is 0 Å². The number of carbonyl (C=O) groups is 1. The third kappa shape index (κ3) is 3.90. The lowest BCUT2D eigenvalue weighted by Crippen LogP contribution is -2.62. The molecule has 4 fully saturated rings. The fraction of sp³-hybridized carbons (Fsp3) is 0.900. The molecular formula is C30H51NO. The second-order valence-electron chi connectivity index (χ2n) is 13.2. The third-order valence-corrected chi connectivity index (χ3v) is 11.1. The van der Waals surface area contributed by atoms with Gasteiger partial charge in [-0.25, -0.2) is 0 Å². The van der Waals surface area contributed by atoms with Crippen molar-refractivity contribution in [1.82, 2.24) is 4.90 Å². The lowest BCUT2D eigenvalue weighted by molar-refractivity contribution is -0.152. The van der Waals surface area contributed by atoms with Crippen molar-refractivity contribution in [3.05, 3.63) is 11.6 Å². The van der Waals surface area contributed by atoms with E-state index in [0.29, 0.717) is 22.8 Å². The Labute approximate surface area is 199 Å². The molecule has 0 unspecified atom stereocenters. The maximum Gasteiger partial charge on any atom is 0.222 e. The van der Waals surface area contributed by atoms with E-state index in [-0.39, 0.29) is 0 Å². The van der Waals surface area contributed by atoms with Crippen molar-refractivity contribution in [1.29, 1.82) is 0 Å². The highest BCUT2D eigenvalue weighted by atomic mass is 16.2. The van der Waals surface area contributed by atoms with Crippen LogP contribution in [-0.2, 0) is 4.79 Å². The number of hydrogen-bond donors (Lipinski definition) is 0. The first-order valence-corrected chi connectivity index (χ1v) is 14.1. The third-order valence-electron chi connectivity index (χ3n) is 11.1. The molecule has 1 saturated heterocycles. The number of amides is 1. The van der Waals surface area contributed by atoms with E-state index in [2.05, 4.69) is 59.6 Å². The number of allylic oxidation sites excluding steroid dienone is 1. The quantitative estimate of drug-likeness (QED) is 0.384. The van der Waals surface area contributed by atoms with Gasteiger partial charge in [0.15, 0.2) is 0 Å². The molecule has 182 valence electrons. The van der Waals surface area contributed by atoms with Gasteiger partial charge < -0.3 is 4.90 Å². The summed E-state index contributed by atoms with van der Waals surface area (Å²) in [7, 11) is 2.09. The molecule has 1 heterocycles. The molecule has 0 aromatic rings. The smallest absolute Gasteiger partial charge is 0.222 e. The zero-order chi connectivity index (χ0) is 23.3. The van der Waals surface area contributed by atoms with Crippen molar-refractivity contribution >= 4 is 5.91 Å². The van der Waals surface area contributed by atoms with Gasteiger partial charge >= 0.3 is 0 Å². The second kappa shape index (κ2) is 9.10. The lowest BCUT2D eigenvalue weighted by Gasteiger charge is -2.62. The molecule has 32 heavy (non-hydrogen) atoms. The SMILES string of the molecule is CC/C=C1\C[C@H]2N(C)C(=O)CC[C@]2(C)[C@H]2CC[C@]3(C)[C@@H]([C@H](C)CCCC(C)C)CC[C@H]3[C@H]12. The molecule has 0 spiro atoms. The predicted molar refractivity (Wildman–Crippen MR) is 135 cm³/mol. The van der Waals surface area contributed by atoms with Crippen LogP contribution in [0.2, 0.25) is 0 Å². The highest BCUT2D eigenvalue weighted by molar-refractivity contribution is 5.77. The summed E-state index contributed by atoms with van der Waals surface area (Å²) < 4.78 is 0. The van der Waals surface area contributed by atoms with Crippen LogP contribution in [0.4, 0.5) is 0 Å². The molecule has 0 radical (unpaired) electrons. The van der Waals surface area contributed by atoms with E-state index in [4.69, 9.17) is 0 Å². The molecule has 8 atom stereocenters. The van der Waals surface area contributed by atoms with Crippen LogP contribution in [0.5, 0.6) is 0 Å². The summed E-state index contributed by atoms with van der Waals surface area (Å²) in [4.78, 5) is 14.7. The summed E-state index contributed by atoms with van der Waals surface area (Å²) in [5.74, 6) is 5.37. The minimum Gasteiger partial charge on any atom is -0.342 e. The summed E-state index contributed by atoms with van der Waals surface area (Å²) in [6.45, 7) is 14.9. The molecule has 1 amide bonds. The minimum atomic E-state index is 0.306. The highest BCUT2D eigenvalue weighted by Gasteiger charge is 2.62. The summed E-state index contributed by atoms with van der Waals surface area (Å²) in [6.07, 6.45) is 16.6. The van der Waals surface area contributed by atoms with Crippen LogP contribution in [-0.4, -0.2) is 23.9 Å². The highest BCUT2D eigenvalue weighted by Crippen LogP contribution is 2.68. The van der Waals surface area contributed by atoms with Crippen LogP contribution in [0.25, 0.3) is 0 Å². The zero-order valence-electron chi connectivity index (χ0n) is 22.3. The molecule has 0 aromatic heterocycles. The fourth-order valence-electron chi connectivity index (χ4n) is 9.40. The number of likely N-dealkylation sites (tertiary alicyclic amines) is 1. The van der Waals surface area contributed by atoms with Gasteiger partial charge in [-0.2, -0.15) is 0 Å². The Morgan fingerprint density at radius 3 is 2.44 bits per heavy atom. The van der Waals surface area contributed by atoms with Crippen molar-refractivity contribution in [2.24, 2.45) is 46.3 Å². The first kappa shape index (κ1) is 24.3. The monoisotopic (exact) mass is 441 g/mol. The molecule has 4 rings (SSSR count). The van der Waals surface area contributed by atoms with E-state index in [1.165, 1.54) is 44.9 Å². The molecule has 0 N–H and O–H groups in total. The van der Waals surface area contributed by atoms with E-state index in [0.717, 1.165) is 61.2 Å². The first-order valence-electron chi connectivity index (χ1n) is 14.1. The van der Waals surface area contributed by atoms with E-state index in [1.54, 1.807) is 5.57 Å². The molecule has 0 aromatic carbocycles. The van der Waals surface area contributed by atoms with E-state index in [9.17, 15) is 4.79 Å².